The molecule has 3 aliphatic rings. The summed E-state index contributed by atoms with van der Waals surface area (Å²) in [5.41, 5.74) is 5.55. The molecule has 0 bridgehead atoms. The number of benzene rings is 1. The van der Waals surface area contributed by atoms with E-state index in [1.165, 1.54) is 80.4 Å². The molecule has 1 atom stereocenters. The molecule has 1 heterocycles. The quantitative estimate of drug-likeness (QED) is 0.678. The lowest BCUT2D eigenvalue weighted by atomic mass is 9.66. The largest absolute Gasteiger partial charge is 0.377 e. The molecule has 2 heteroatoms. The number of fused-ring (bicyclic) bond motifs is 3. The third-order valence-electron chi connectivity index (χ3n) is 5.79. The second-order valence-electron chi connectivity index (χ2n) is 7.26. The molecule has 21 heavy (non-hydrogen) atoms. The van der Waals surface area contributed by atoms with Crippen molar-refractivity contribution in [3.63, 3.8) is 0 Å². The van der Waals surface area contributed by atoms with Crippen molar-refractivity contribution in [1.82, 2.24) is 0 Å². The molecule has 1 spiro atoms. The summed E-state index contributed by atoms with van der Waals surface area (Å²) in [5, 5.41) is 4.00. The van der Waals surface area contributed by atoms with E-state index >= 15 is 0 Å². The van der Waals surface area contributed by atoms with Gasteiger partial charge in [-0.15, -0.1) is 0 Å². The lowest BCUT2D eigenvalue weighted by Crippen LogP contribution is -2.50. The van der Waals surface area contributed by atoms with Gasteiger partial charge in [0.15, 0.2) is 0 Å². The number of hydrogen-bond acceptors (Lipinski definition) is 2. The van der Waals surface area contributed by atoms with Crippen molar-refractivity contribution in [3.8, 4) is 0 Å². The summed E-state index contributed by atoms with van der Waals surface area (Å²) in [6.07, 6.45) is 12.0. The monoisotopic (exact) mass is 282 g/mol. The van der Waals surface area contributed by atoms with E-state index in [2.05, 4.69) is 30.4 Å². The third kappa shape index (κ3) is 2.29. The topological polar surface area (TPSA) is 24.4 Å². The number of nitrogens with zero attached hydrogens (tertiary/aromatic N) is 1. The van der Waals surface area contributed by atoms with Crippen molar-refractivity contribution < 1.29 is 0 Å². The summed E-state index contributed by atoms with van der Waals surface area (Å²) >= 11 is 0. The highest BCUT2D eigenvalue weighted by Gasteiger charge is 2.44. The smallest absolute Gasteiger partial charge is 0.0860 e. The molecule has 2 nitrogen and oxygen atoms in total. The van der Waals surface area contributed by atoms with Crippen LogP contribution in [0.1, 0.15) is 63.4 Å². The molecular weight excluding hydrogens is 256 g/mol. The van der Waals surface area contributed by atoms with Crippen molar-refractivity contribution in [1.29, 1.82) is 0 Å². The summed E-state index contributed by atoms with van der Waals surface area (Å²) in [4.78, 5) is 5.11. The summed E-state index contributed by atoms with van der Waals surface area (Å²) in [6, 6.07) is 6.70. The zero-order chi connectivity index (χ0) is 14.3. The maximum atomic E-state index is 5.11. The van der Waals surface area contributed by atoms with Crippen LogP contribution in [0.2, 0.25) is 0 Å². The van der Waals surface area contributed by atoms with Crippen molar-refractivity contribution >= 4 is 17.1 Å². The summed E-state index contributed by atoms with van der Waals surface area (Å²) in [6.45, 7) is 2.18. The molecule has 2 fully saturated rings. The van der Waals surface area contributed by atoms with E-state index in [0.717, 1.165) is 0 Å². The van der Waals surface area contributed by atoms with Gasteiger partial charge in [0.1, 0.15) is 0 Å². The van der Waals surface area contributed by atoms with Gasteiger partial charge in [0.05, 0.1) is 11.4 Å². The second kappa shape index (κ2) is 5.15. The lowest BCUT2D eigenvalue weighted by molar-refractivity contribution is 0.246. The minimum Gasteiger partial charge on any atom is -0.377 e. The molecule has 0 aromatic heterocycles. The van der Waals surface area contributed by atoms with Crippen LogP contribution in [0.3, 0.4) is 0 Å². The molecule has 4 rings (SSSR count). The molecule has 112 valence electrons. The molecule has 2 aliphatic carbocycles. The van der Waals surface area contributed by atoms with Gasteiger partial charge in [-0.3, -0.25) is 4.99 Å². The molecule has 0 amide bonds. The highest BCUT2D eigenvalue weighted by molar-refractivity contribution is 5.94. The Labute approximate surface area is 128 Å². The first-order chi connectivity index (χ1) is 10.3. The average Bonchev–Trinajstić information content (AvgIpc) is 2.63. The summed E-state index contributed by atoms with van der Waals surface area (Å²) in [5.74, 6) is 0.666. The Balaban J connectivity index is 1.82. The van der Waals surface area contributed by atoms with Gasteiger partial charge in [-0.1, -0.05) is 31.7 Å². The number of anilines is 1. The summed E-state index contributed by atoms with van der Waals surface area (Å²) in [7, 11) is 0. The first-order valence-corrected chi connectivity index (χ1v) is 8.73. The van der Waals surface area contributed by atoms with Crippen LogP contribution in [0.25, 0.3) is 0 Å². The van der Waals surface area contributed by atoms with Gasteiger partial charge in [-0.2, -0.15) is 0 Å². The highest BCUT2D eigenvalue weighted by Crippen LogP contribution is 2.47. The van der Waals surface area contributed by atoms with Crippen molar-refractivity contribution in [3.05, 3.63) is 23.8 Å². The highest BCUT2D eigenvalue weighted by atomic mass is 15.0. The van der Waals surface area contributed by atoms with Crippen LogP contribution in [-0.2, 0) is 0 Å². The van der Waals surface area contributed by atoms with Crippen LogP contribution in [0, 0.1) is 12.8 Å². The van der Waals surface area contributed by atoms with Crippen molar-refractivity contribution in [2.24, 2.45) is 10.9 Å². The fourth-order valence-electron chi connectivity index (χ4n) is 4.74. The van der Waals surface area contributed by atoms with Crippen LogP contribution in [0.5, 0.6) is 0 Å². The zero-order valence-corrected chi connectivity index (χ0v) is 13.1. The van der Waals surface area contributed by atoms with E-state index in [9.17, 15) is 0 Å². The number of hydrogen-bond donors (Lipinski definition) is 1. The van der Waals surface area contributed by atoms with Crippen molar-refractivity contribution in [2.75, 3.05) is 5.32 Å². The molecular formula is C19H26N2. The van der Waals surface area contributed by atoms with Crippen LogP contribution in [-0.4, -0.2) is 11.3 Å². The predicted octanol–water partition coefficient (Wildman–Crippen LogP) is 5.39. The SMILES string of the molecule is Cc1ccc2c(c1)NC1(CCCCC1)C1CCCCC1=N2. The van der Waals surface area contributed by atoms with E-state index in [1.807, 2.05) is 0 Å². The van der Waals surface area contributed by atoms with Gasteiger partial charge in [-0.05, 0) is 56.7 Å². The molecule has 1 N–H and O–H groups in total. The molecule has 1 aromatic carbocycles. The van der Waals surface area contributed by atoms with E-state index in [1.54, 1.807) is 0 Å². The first kappa shape index (κ1) is 13.4. The Hall–Kier alpha value is -1.31. The Bertz CT molecular complexity index is 567. The Morgan fingerprint density at radius 2 is 1.95 bits per heavy atom. The number of aliphatic imine (C=N–C) groups is 1. The molecule has 1 unspecified atom stereocenters. The van der Waals surface area contributed by atoms with Gasteiger partial charge >= 0.3 is 0 Å². The molecule has 1 aliphatic heterocycles. The zero-order valence-electron chi connectivity index (χ0n) is 13.1. The fourth-order valence-corrected chi connectivity index (χ4v) is 4.74. The maximum Gasteiger partial charge on any atom is 0.0860 e. The average molecular weight is 282 g/mol. The Morgan fingerprint density at radius 1 is 1.10 bits per heavy atom. The standard InChI is InChI=1S/C19H26N2/c1-14-9-10-17-18(13-14)21-19(11-5-2-6-12-19)15-7-3-4-8-16(15)20-17/h9-10,13,15,21H,2-8,11-12H2,1H3. The number of nitrogens with one attached hydrogen (secondary N) is 1. The molecule has 2 saturated carbocycles. The van der Waals surface area contributed by atoms with Crippen LogP contribution >= 0.6 is 0 Å². The third-order valence-corrected chi connectivity index (χ3v) is 5.79. The van der Waals surface area contributed by atoms with E-state index < -0.39 is 0 Å². The molecule has 0 radical (unpaired) electrons. The van der Waals surface area contributed by atoms with E-state index in [4.69, 9.17) is 4.99 Å². The maximum absolute atomic E-state index is 5.11. The molecule has 1 aromatic rings. The van der Waals surface area contributed by atoms with Gasteiger partial charge in [-0.25, -0.2) is 0 Å². The van der Waals surface area contributed by atoms with Gasteiger partial charge in [0.2, 0.25) is 0 Å². The van der Waals surface area contributed by atoms with Gasteiger partial charge in [0, 0.05) is 17.2 Å². The second-order valence-corrected chi connectivity index (χ2v) is 7.26. The lowest BCUT2D eigenvalue weighted by Gasteiger charge is -2.46. The van der Waals surface area contributed by atoms with E-state index in [-0.39, 0.29) is 5.54 Å². The number of aryl methyl sites for hydroxylation is 1. The van der Waals surface area contributed by atoms with Crippen LogP contribution in [0.4, 0.5) is 11.4 Å². The summed E-state index contributed by atoms with van der Waals surface area (Å²) < 4.78 is 0. The minimum absolute atomic E-state index is 0.288. The fraction of sp³-hybridized carbons (Fsp3) is 0.632. The Morgan fingerprint density at radius 3 is 2.81 bits per heavy atom. The first-order valence-electron chi connectivity index (χ1n) is 8.73. The normalized spacial score (nSPS) is 27.1. The minimum atomic E-state index is 0.288. The van der Waals surface area contributed by atoms with Crippen LogP contribution in [0.15, 0.2) is 23.2 Å². The van der Waals surface area contributed by atoms with Gasteiger partial charge in [0.25, 0.3) is 0 Å². The predicted molar refractivity (Wildman–Crippen MR) is 89.7 cm³/mol. The van der Waals surface area contributed by atoms with E-state index in [0.29, 0.717) is 5.92 Å². The van der Waals surface area contributed by atoms with Crippen LogP contribution < -0.4 is 5.32 Å². The number of rotatable bonds is 0. The van der Waals surface area contributed by atoms with Crippen molar-refractivity contribution in [2.45, 2.75) is 70.3 Å². The Kier molecular flexibility index (Phi) is 3.28. The molecule has 0 saturated heterocycles. The van der Waals surface area contributed by atoms with Gasteiger partial charge < -0.3 is 5.32 Å².